The van der Waals surface area contributed by atoms with E-state index in [1.165, 1.54) is 0 Å². The molecule has 1 aromatic heterocycles. The van der Waals surface area contributed by atoms with Gasteiger partial charge in [-0.05, 0) is 36.0 Å². The van der Waals surface area contributed by atoms with Gasteiger partial charge in [-0.15, -0.1) is 0 Å². The maximum absolute atomic E-state index is 11.5. The molecule has 0 unspecified atom stereocenters. The molecule has 0 spiro atoms. The van der Waals surface area contributed by atoms with Crippen LogP contribution in [0.25, 0.3) is 12.2 Å². The summed E-state index contributed by atoms with van der Waals surface area (Å²) in [6.07, 6.45) is 5.01. The van der Waals surface area contributed by atoms with E-state index in [0.29, 0.717) is 10.3 Å². The van der Waals surface area contributed by atoms with Crippen molar-refractivity contribution in [3.8, 4) is 5.75 Å². The Labute approximate surface area is 102 Å². The predicted molar refractivity (Wildman–Crippen MR) is 69.3 cm³/mol. The second kappa shape index (κ2) is 4.80. The highest BCUT2D eigenvalue weighted by Gasteiger charge is 1.94. The summed E-state index contributed by atoms with van der Waals surface area (Å²) in [6, 6.07) is 6.68. The third-order valence-corrected chi connectivity index (χ3v) is 2.42. The van der Waals surface area contributed by atoms with Crippen LogP contribution in [0, 0.1) is 4.77 Å². The van der Waals surface area contributed by atoms with E-state index in [9.17, 15) is 4.79 Å². The van der Waals surface area contributed by atoms with Crippen LogP contribution in [-0.2, 0) is 0 Å². The number of rotatable bonds is 2. The lowest BCUT2D eigenvalue weighted by Gasteiger charge is -1.94. The zero-order chi connectivity index (χ0) is 12.3. The van der Waals surface area contributed by atoms with Gasteiger partial charge >= 0.3 is 0 Å². The molecule has 1 heterocycles. The molecule has 0 fully saturated rings. The van der Waals surface area contributed by atoms with Gasteiger partial charge in [0.25, 0.3) is 5.56 Å². The number of nitrogens with one attached hydrogen (secondary N) is 2. The summed E-state index contributed by atoms with van der Waals surface area (Å²) in [5.74, 6) is 0.212. The van der Waals surface area contributed by atoms with E-state index >= 15 is 0 Å². The zero-order valence-electron chi connectivity index (χ0n) is 8.81. The Morgan fingerprint density at radius 1 is 1.18 bits per heavy atom. The van der Waals surface area contributed by atoms with Crippen LogP contribution in [0.3, 0.4) is 0 Å². The van der Waals surface area contributed by atoms with Gasteiger partial charge in [-0.3, -0.25) is 9.78 Å². The molecule has 0 aliphatic carbocycles. The largest absolute Gasteiger partial charge is 0.508 e. The first-order chi connectivity index (χ1) is 8.15. The van der Waals surface area contributed by atoms with Crippen molar-refractivity contribution >= 4 is 24.4 Å². The van der Waals surface area contributed by atoms with E-state index in [1.807, 2.05) is 0 Å². The average molecular weight is 246 g/mol. The Morgan fingerprint density at radius 2 is 1.88 bits per heavy atom. The summed E-state index contributed by atoms with van der Waals surface area (Å²) < 4.78 is 0.303. The SMILES string of the molecule is O=c1[nH]c(=S)[nH]cc1/C=C/c1ccc(O)cc1. The van der Waals surface area contributed by atoms with Crippen molar-refractivity contribution in [1.29, 1.82) is 0 Å². The number of aromatic amines is 2. The van der Waals surface area contributed by atoms with Crippen LogP contribution >= 0.6 is 12.2 Å². The number of benzene rings is 1. The topological polar surface area (TPSA) is 68.9 Å². The lowest BCUT2D eigenvalue weighted by atomic mass is 10.2. The number of H-pyrrole nitrogens is 2. The molecule has 2 rings (SSSR count). The van der Waals surface area contributed by atoms with E-state index in [2.05, 4.69) is 9.97 Å². The summed E-state index contributed by atoms with van der Waals surface area (Å²) in [4.78, 5) is 16.7. The molecule has 0 bridgehead atoms. The smallest absolute Gasteiger partial charge is 0.258 e. The number of phenolic OH excluding ortho intramolecular Hbond substituents is 1. The van der Waals surface area contributed by atoms with Crippen molar-refractivity contribution in [3.63, 3.8) is 0 Å². The number of phenols is 1. The fourth-order valence-corrected chi connectivity index (χ4v) is 1.47. The molecule has 0 saturated carbocycles. The summed E-state index contributed by atoms with van der Waals surface area (Å²) >= 11 is 4.79. The van der Waals surface area contributed by atoms with Crippen molar-refractivity contribution < 1.29 is 5.11 Å². The Bertz CT molecular complexity index is 653. The van der Waals surface area contributed by atoms with Gasteiger partial charge in [-0.1, -0.05) is 18.2 Å². The van der Waals surface area contributed by atoms with Gasteiger partial charge in [0.2, 0.25) is 0 Å². The third kappa shape index (κ3) is 2.92. The minimum Gasteiger partial charge on any atom is -0.508 e. The predicted octanol–water partition coefficient (Wildman–Crippen LogP) is 2.31. The van der Waals surface area contributed by atoms with Crippen molar-refractivity contribution in [2.24, 2.45) is 0 Å². The summed E-state index contributed by atoms with van der Waals surface area (Å²) in [7, 11) is 0. The van der Waals surface area contributed by atoms with Crippen LogP contribution in [0.2, 0.25) is 0 Å². The first-order valence-corrected chi connectivity index (χ1v) is 5.35. The van der Waals surface area contributed by atoms with E-state index in [-0.39, 0.29) is 11.3 Å². The van der Waals surface area contributed by atoms with Crippen LogP contribution in [0.1, 0.15) is 11.1 Å². The van der Waals surface area contributed by atoms with Gasteiger partial charge in [-0.25, -0.2) is 0 Å². The van der Waals surface area contributed by atoms with Gasteiger partial charge in [0.05, 0.1) is 5.56 Å². The quantitative estimate of drug-likeness (QED) is 0.712. The fraction of sp³-hybridized carbons (Fsp3) is 0. The zero-order valence-corrected chi connectivity index (χ0v) is 9.62. The normalized spacial score (nSPS) is 10.8. The molecule has 0 amide bonds. The average Bonchev–Trinajstić information content (AvgIpc) is 2.30. The van der Waals surface area contributed by atoms with Crippen LogP contribution in [0.4, 0.5) is 0 Å². The molecule has 2 aromatic rings. The second-order valence-corrected chi connectivity index (χ2v) is 3.86. The number of aromatic hydroxyl groups is 1. The Hall–Kier alpha value is -2.14. The molecule has 0 atom stereocenters. The van der Waals surface area contributed by atoms with Gasteiger partial charge < -0.3 is 10.1 Å². The highest BCUT2D eigenvalue weighted by atomic mass is 32.1. The molecule has 0 radical (unpaired) electrons. The van der Waals surface area contributed by atoms with Gasteiger partial charge in [0.15, 0.2) is 4.77 Å². The number of hydrogen-bond donors (Lipinski definition) is 3. The second-order valence-electron chi connectivity index (χ2n) is 3.45. The van der Waals surface area contributed by atoms with Crippen LogP contribution in [0.5, 0.6) is 5.75 Å². The molecule has 3 N–H and O–H groups in total. The summed E-state index contributed by atoms with van der Waals surface area (Å²) in [5, 5.41) is 9.12. The lowest BCUT2D eigenvalue weighted by molar-refractivity contribution is 0.475. The first-order valence-electron chi connectivity index (χ1n) is 4.94. The van der Waals surface area contributed by atoms with E-state index in [1.54, 1.807) is 42.6 Å². The van der Waals surface area contributed by atoms with E-state index in [4.69, 9.17) is 17.3 Å². The third-order valence-electron chi connectivity index (χ3n) is 2.20. The fourth-order valence-electron chi connectivity index (χ4n) is 1.32. The minimum absolute atomic E-state index is 0.212. The molecule has 86 valence electrons. The Morgan fingerprint density at radius 3 is 2.53 bits per heavy atom. The molecule has 0 saturated heterocycles. The number of aromatic nitrogens is 2. The molecule has 1 aromatic carbocycles. The molecule has 17 heavy (non-hydrogen) atoms. The highest BCUT2D eigenvalue weighted by Crippen LogP contribution is 2.11. The first kappa shape index (κ1) is 11.3. The van der Waals surface area contributed by atoms with Crippen molar-refractivity contribution in [3.05, 3.63) is 56.7 Å². The van der Waals surface area contributed by atoms with Gasteiger partial charge in [0, 0.05) is 6.20 Å². The molecular formula is C12H10N2O2S. The molecule has 0 aliphatic heterocycles. The van der Waals surface area contributed by atoms with Crippen molar-refractivity contribution in [2.75, 3.05) is 0 Å². The maximum Gasteiger partial charge on any atom is 0.258 e. The standard InChI is InChI=1S/C12H10N2O2S/c15-10-5-2-8(3-6-10)1-4-9-7-13-12(17)14-11(9)16/h1-7,15H,(H2,13,14,16,17)/b4-1+. The molecular weight excluding hydrogens is 236 g/mol. The molecule has 4 nitrogen and oxygen atoms in total. The van der Waals surface area contributed by atoms with Crippen molar-refractivity contribution in [2.45, 2.75) is 0 Å². The van der Waals surface area contributed by atoms with Crippen LogP contribution in [0.15, 0.2) is 35.3 Å². The van der Waals surface area contributed by atoms with E-state index < -0.39 is 0 Å². The molecule has 5 heteroatoms. The van der Waals surface area contributed by atoms with E-state index in [0.717, 1.165) is 5.56 Å². The highest BCUT2D eigenvalue weighted by molar-refractivity contribution is 7.71. The van der Waals surface area contributed by atoms with Crippen molar-refractivity contribution in [1.82, 2.24) is 9.97 Å². The monoisotopic (exact) mass is 246 g/mol. The summed E-state index contributed by atoms with van der Waals surface area (Å²) in [6.45, 7) is 0. The summed E-state index contributed by atoms with van der Waals surface area (Å²) in [5.41, 5.74) is 1.15. The lowest BCUT2D eigenvalue weighted by Crippen LogP contribution is -2.09. The number of hydrogen-bond acceptors (Lipinski definition) is 3. The van der Waals surface area contributed by atoms with Gasteiger partial charge in [-0.2, -0.15) is 0 Å². The van der Waals surface area contributed by atoms with Crippen LogP contribution < -0.4 is 5.56 Å². The Balaban J connectivity index is 2.29. The van der Waals surface area contributed by atoms with Crippen LogP contribution in [-0.4, -0.2) is 15.1 Å². The van der Waals surface area contributed by atoms with Gasteiger partial charge in [0.1, 0.15) is 5.75 Å². The molecule has 0 aliphatic rings. The maximum atomic E-state index is 11.5. The minimum atomic E-state index is -0.233. The Kier molecular flexibility index (Phi) is 3.20.